The van der Waals surface area contributed by atoms with E-state index in [1.807, 2.05) is 0 Å². The number of amides is 1. The third kappa shape index (κ3) is 5.18. The lowest BCUT2D eigenvalue weighted by Crippen LogP contribution is -2.34. The van der Waals surface area contributed by atoms with Crippen molar-refractivity contribution >= 4 is 56.1 Å². The van der Waals surface area contributed by atoms with Gasteiger partial charge in [0.05, 0.1) is 23.6 Å². The number of esters is 1. The van der Waals surface area contributed by atoms with Crippen molar-refractivity contribution in [3.05, 3.63) is 36.2 Å². The highest BCUT2D eigenvalue weighted by Gasteiger charge is 2.21. The summed E-state index contributed by atoms with van der Waals surface area (Å²) in [6.45, 7) is 6.28. The Morgan fingerprint density at radius 2 is 2.16 bits per heavy atom. The average Bonchev–Trinajstić information content (AvgIpc) is 3.23. The molecule has 10 heteroatoms. The molecule has 1 N–H and O–H groups in total. The summed E-state index contributed by atoms with van der Waals surface area (Å²) in [5, 5.41) is 4.50. The maximum absolute atomic E-state index is 12.6. The lowest BCUT2D eigenvalue weighted by molar-refractivity contribution is -0.113. The molecule has 0 unspecified atom stereocenters. The fourth-order valence-corrected chi connectivity index (χ4v) is 5.55. The molecule has 0 spiro atoms. The number of piperidine rings is 1. The Hall–Kier alpha value is -2.72. The molecule has 168 valence electrons. The Bertz CT molecular complexity index is 1120. The van der Waals surface area contributed by atoms with Crippen LogP contribution in [0.15, 0.2) is 35.6 Å². The molecule has 3 aromatic rings. The number of aromatic nitrogens is 3. The van der Waals surface area contributed by atoms with Crippen molar-refractivity contribution in [2.24, 2.45) is 5.92 Å². The van der Waals surface area contributed by atoms with Crippen LogP contribution in [0.3, 0.4) is 0 Å². The monoisotopic (exact) mass is 471 g/mol. The highest BCUT2D eigenvalue weighted by Crippen LogP contribution is 2.35. The molecule has 2 aromatic heterocycles. The zero-order chi connectivity index (χ0) is 22.5. The number of thiazole rings is 1. The highest BCUT2D eigenvalue weighted by molar-refractivity contribution is 8.00. The Balaban J connectivity index is 1.44. The van der Waals surface area contributed by atoms with Crippen LogP contribution in [0.4, 0.5) is 10.8 Å². The summed E-state index contributed by atoms with van der Waals surface area (Å²) in [6.07, 6.45) is 3.90. The zero-order valence-electron chi connectivity index (χ0n) is 18.0. The molecule has 1 aromatic carbocycles. The van der Waals surface area contributed by atoms with E-state index in [9.17, 15) is 9.59 Å². The Morgan fingerprint density at radius 3 is 2.97 bits per heavy atom. The minimum absolute atomic E-state index is 0.150. The van der Waals surface area contributed by atoms with Crippen LogP contribution in [-0.2, 0) is 9.53 Å². The lowest BCUT2D eigenvalue weighted by atomic mass is 10.0. The normalized spacial score (nSPS) is 16.2. The van der Waals surface area contributed by atoms with Gasteiger partial charge in [0.1, 0.15) is 16.1 Å². The van der Waals surface area contributed by atoms with Crippen LogP contribution in [-0.4, -0.2) is 52.3 Å². The largest absolute Gasteiger partial charge is 0.462 e. The number of benzene rings is 1. The third-order valence-electron chi connectivity index (χ3n) is 5.11. The number of nitrogens with zero attached hydrogens (tertiary/aromatic N) is 4. The molecule has 0 aliphatic carbocycles. The summed E-state index contributed by atoms with van der Waals surface area (Å²) in [6, 6.07) is 6.82. The number of carbonyl (C=O) groups excluding carboxylic acids is 2. The smallest absolute Gasteiger partial charge is 0.340 e. The van der Waals surface area contributed by atoms with Crippen LogP contribution < -0.4 is 10.2 Å². The van der Waals surface area contributed by atoms with Gasteiger partial charge in [0.15, 0.2) is 10.8 Å². The molecule has 4 rings (SSSR count). The van der Waals surface area contributed by atoms with Crippen LogP contribution in [0.1, 0.15) is 37.0 Å². The molecule has 1 saturated heterocycles. The molecule has 1 amide bonds. The topological polar surface area (TPSA) is 97.3 Å². The quantitative estimate of drug-likeness (QED) is 0.311. The number of hydrogen-bond acceptors (Lipinski definition) is 9. The number of hydrogen-bond donors (Lipinski definition) is 1. The number of para-hydroxylation sites is 1. The highest BCUT2D eigenvalue weighted by atomic mass is 32.2. The predicted octanol–water partition coefficient (Wildman–Crippen LogP) is 4.23. The van der Waals surface area contributed by atoms with Crippen molar-refractivity contribution in [2.45, 2.75) is 31.7 Å². The first-order chi connectivity index (χ1) is 15.5. The maximum Gasteiger partial charge on any atom is 0.340 e. The molecular weight excluding hydrogens is 446 g/mol. The van der Waals surface area contributed by atoms with E-state index in [2.05, 4.69) is 27.1 Å². The molecule has 1 atom stereocenters. The van der Waals surface area contributed by atoms with Crippen LogP contribution in [0.25, 0.3) is 10.3 Å². The number of anilines is 2. The molecule has 0 bridgehead atoms. The number of rotatable bonds is 7. The van der Waals surface area contributed by atoms with E-state index in [1.54, 1.807) is 42.5 Å². The summed E-state index contributed by atoms with van der Waals surface area (Å²) in [5.74, 6) is 0.111. The van der Waals surface area contributed by atoms with Gasteiger partial charge in [0, 0.05) is 13.1 Å². The number of ether oxygens (including phenoxy) is 1. The standard InChI is InChI=1S/C22H25N5O3S2/c1-3-30-21(29)15-8-4-5-9-16(15)25-17(28)12-31-20-18-19(23-13-24-20)26-22(32-18)27-10-6-7-14(2)11-27/h4-5,8-9,13-14H,3,6-7,10-12H2,1-2H3,(H,25,28)/t14-/m1/s1. The summed E-state index contributed by atoms with van der Waals surface area (Å²) in [7, 11) is 0. The molecule has 0 radical (unpaired) electrons. The predicted molar refractivity (Wildman–Crippen MR) is 128 cm³/mol. The summed E-state index contributed by atoms with van der Waals surface area (Å²) >= 11 is 2.91. The molecule has 3 heterocycles. The summed E-state index contributed by atoms with van der Waals surface area (Å²) in [4.78, 5) is 40.4. The number of thioether (sulfide) groups is 1. The minimum Gasteiger partial charge on any atom is -0.462 e. The van der Waals surface area contributed by atoms with Gasteiger partial charge in [-0.25, -0.2) is 14.8 Å². The van der Waals surface area contributed by atoms with Gasteiger partial charge in [0.25, 0.3) is 0 Å². The van der Waals surface area contributed by atoms with E-state index >= 15 is 0 Å². The number of carbonyl (C=O) groups is 2. The van der Waals surface area contributed by atoms with Crippen molar-refractivity contribution in [3.63, 3.8) is 0 Å². The zero-order valence-corrected chi connectivity index (χ0v) is 19.7. The molecular formula is C22H25N5O3S2. The van der Waals surface area contributed by atoms with Gasteiger partial charge in [-0.1, -0.05) is 42.2 Å². The molecule has 0 saturated carbocycles. The number of nitrogens with one attached hydrogen (secondary N) is 1. The van der Waals surface area contributed by atoms with E-state index in [-0.39, 0.29) is 18.3 Å². The first-order valence-electron chi connectivity index (χ1n) is 10.6. The van der Waals surface area contributed by atoms with Crippen molar-refractivity contribution in [1.82, 2.24) is 15.0 Å². The molecule has 1 fully saturated rings. The van der Waals surface area contributed by atoms with Gasteiger partial charge < -0.3 is 15.0 Å². The summed E-state index contributed by atoms with van der Waals surface area (Å²) < 4.78 is 5.96. The van der Waals surface area contributed by atoms with Crippen molar-refractivity contribution in [3.8, 4) is 0 Å². The third-order valence-corrected chi connectivity index (χ3v) is 7.34. The minimum atomic E-state index is -0.460. The van der Waals surface area contributed by atoms with E-state index in [0.29, 0.717) is 22.8 Å². The van der Waals surface area contributed by atoms with E-state index in [0.717, 1.165) is 34.4 Å². The van der Waals surface area contributed by atoms with Crippen LogP contribution in [0.2, 0.25) is 0 Å². The van der Waals surface area contributed by atoms with Crippen molar-refractivity contribution in [2.75, 3.05) is 35.7 Å². The first-order valence-corrected chi connectivity index (χ1v) is 12.4. The Labute approximate surface area is 194 Å². The fraction of sp³-hybridized carbons (Fsp3) is 0.409. The fourth-order valence-electron chi connectivity index (χ4n) is 3.62. The second kappa shape index (κ2) is 10.3. The summed E-state index contributed by atoms with van der Waals surface area (Å²) in [5.41, 5.74) is 1.43. The van der Waals surface area contributed by atoms with Gasteiger partial charge in [-0.2, -0.15) is 4.98 Å². The van der Waals surface area contributed by atoms with Crippen LogP contribution >= 0.6 is 23.1 Å². The molecule has 1 aliphatic heterocycles. The van der Waals surface area contributed by atoms with Crippen molar-refractivity contribution in [1.29, 1.82) is 0 Å². The maximum atomic E-state index is 12.6. The van der Waals surface area contributed by atoms with Gasteiger partial charge in [-0.15, -0.1) is 0 Å². The van der Waals surface area contributed by atoms with Gasteiger partial charge >= 0.3 is 5.97 Å². The second-order valence-corrected chi connectivity index (χ2v) is 9.57. The van der Waals surface area contributed by atoms with Gasteiger partial charge in [-0.3, -0.25) is 4.79 Å². The van der Waals surface area contributed by atoms with E-state index in [4.69, 9.17) is 9.72 Å². The van der Waals surface area contributed by atoms with Crippen LogP contribution in [0, 0.1) is 5.92 Å². The Morgan fingerprint density at radius 1 is 1.31 bits per heavy atom. The SMILES string of the molecule is CCOC(=O)c1ccccc1NC(=O)CSc1ncnc2nc(N3CCC[C@@H](C)C3)sc12. The molecule has 8 nitrogen and oxygen atoms in total. The second-order valence-electron chi connectivity index (χ2n) is 7.62. The van der Waals surface area contributed by atoms with E-state index in [1.165, 1.54) is 24.5 Å². The molecule has 32 heavy (non-hydrogen) atoms. The Kier molecular flexibility index (Phi) is 7.21. The van der Waals surface area contributed by atoms with Crippen LogP contribution in [0.5, 0.6) is 0 Å². The average molecular weight is 472 g/mol. The first kappa shape index (κ1) is 22.5. The number of fused-ring (bicyclic) bond motifs is 1. The van der Waals surface area contributed by atoms with Gasteiger partial charge in [-0.05, 0) is 37.8 Å². The van der Waals surface area contributed by atoms with Crippen molar-refractivity contribution < 1.29 is 14.3 Å². The van der Waals surface area contributed by atoms with Gasteiger partial charge in [0.2, 0.25) is 5.91 Å². The molecule has 1 aliphatic rings. The lowest BCUT2D eigenvalue weighted by Gasteiger charge is -2.30. The van der Waals surface area contributed by atoms with E-state index < -0.39 is 5.97 Å².